The summed E-state index contributed by atoms with van der Waals surface area (Å²) in [6.07, 6.45) is 1.71. The third-order valence-corrected chi connectivity index (χ3v) is 11.1. The lowest BCUT2D eigenvalue weighted by Gasteiger charge is -2.32. The van der Waals surface area contributed by atoms with Gasteiger partial charge in [-0.25, -0.2) is 9.78 Å². The molecule has 0 spiro atoms. The quantitative estimate of drug-likeness (QED) is 0.0998. The Morgan fingerprint density at radius 2 is 1.67 bits per heavy atom. The number of carbonyl (C=O) groups is 7. The zero-order valence-electron chi connectivity index (χ0n) is 35.0. The number of halogens is 2. The zero-order valence-corrected chi connectivity index (χ0v) is 35.0. The summed E-state index contributed by atoms with van der Waals surface area (Å²) in [5, 5.41) is 14.1. The minimum Gasteiger partial charge on any atom is -0.511 e. The van der Waals surface area contributed by atoms with Crippen LogP contribution < -0.4 is 10.6 Å². The fourth-order valence-corrected chi connectivity index (χ4v) is 7.42. The number of alkyl halides is 2. The van der Waals surface area contributed by atoms with E-state index < -0.39 is 101 Å². The molecule has 0 radical (unpaired) electrons. The standard InChI is InChI=1S/C43H56F2N6O9/c1-8-11-29(38(55)43(44,45)41(58)48-26(6)27(7)52)18-36(54)34-19-31(60-42(59)50-17-14-28-12-9-10-13-30(28)22-50)23-51(34)40(57)37(25(4)5)49-39(56)32(24(2)3)20-35(53)33-21-46-15-16-47-33/h9-10,12-13,15-16,21,24-26,29,31-32,34,37,52H,7-8,11,14,17-20,22-23H2,1-6H3,(H,48,58)(H,49,56)/t26-,29+,31+,32-,34-,37-/m0/s1. The van der Waals surface area contributed by atoms with Crippen LogP contribution in [-0.4, -0.2) is 109 Å². The summed E-state index contributed by atoms with van der Waals surface area (Å²) in [5.41, 5.74) is 2.11. The van der Waals surface area contributed by atoms with E-state index >= 15 is 8.78 Å². The van der Waals surface area contributed by atoms with Crippen molar-refractivity contribution < 1.29 is 52.2 Å². The molecule has 60 heavy (non-hydrogen) atoms. The number of hydrogen-bond acceptors (Lipinski definition) is 11. The van der Waals surface area contributed by atoms with Gasteiger partial charge in [0.2, 0.25) is 17.6 Å². The van der Waals surface area contributed by atoms with Gasteiger partial charge in [-0.15, -0.1) is 0 Å². The van der Waals surface area contributed by atoms with Gasteiger partial charge >= 0.3 is 12.0 Å². The van der Waals surface area contributed by atoms with E-state index in [2.05, 4.69) is 21.9 Å². The molecule has 2 aromatic rings. The maximum Gasteiger partial charge on any atom is 0.410 e. The van der Waals surface area contributed by atoms with E-state index in [0.29, 0.717) is 13.0 Å². The van der Waals surface area contributed by atoms with Gasteiger partial charge in [0, 0.05) is 56.6 Å². The number of fused-ring (bicyclic) bond motifs is 1. The van der Waals surface area contributed by atoms with Crippen molar-refractivity contribution in [2.45, 2.75) is 117 Å². The summed E-state index contributed by atoms with van der Waals surface area (Å²) in [5.74, 6) is -14.9. The number of ether oxygens (including phenoxy) is 1. The summed E-state index contributed by atoms with van der Waals surface area (Å²) in [6, 6.07) is 3.76. The molecule has 15 nitrogen and oxygen atoms in total. The highest BCUT2D eigenvalue weighted by Crippen LogP contribution is 2.31. The van der Waals surface area contributed by atoms with Gasteiger partial charge in [-0.3, -0.25) is 33.8 Å². The molecule has 1 fully saturated rings. The van der Waals surface area contributed by atoms with Crippen molar-refractivity contribution in [1.82, 2.24) is 30.4 Å². The van der Waals surface area contributed by atoms with Crippen molar-refractivity contribution in [3.05, 3.63) is 72.0 Å². The lowest BCUT2D eigenvalue weighted by Crippen LogP contribution is -2.55. The number of aliphatic hydroxyl groups excluding tert-OH is 1. The Kier molecular flexibility index (Phi) is 16.1. The molecule has 1 aromatic carbocycles. The number of amides is 4. The van der Waals surface area contributed by atoms with Gasteiger partial charge in [-0.2, -0.15) is 8.78 Å². The average molecular weight is 839 g/mol. The monoisotopic (exact) mass is 838 g/mol. The molecule has 3 heterocycles. The van der Waals surface area contributed by atoms with Crippen LogP contribution in [-0.2, 0) is 41.7 Å². The van der Waals surface area contributed by atoms with Gasteiger partial charge in [-0.1, -0.05) is 71.9 Å². The van der Waals surface area contributed by atoms with Gasteiger partial charge in [0.1, 0.15) is 23.6 Å². The van der Waals surface area contributed by atoms with E-state index in [-0.39, 0.29) is 50.4 Å². The number of hydrogen-bond donors (Lipinski definition) is 3. The summed E-state index contributed by atoms with van der Waals surface area (Å²) >= 11 is 0. The predicted molar refractivity (Wildman–Crippen MR) is 214 cm³/mol. The molecule has 6 atom stereocenters. The molecular formula is C43H56F2N6O9. The first-order valence-electron chi connectivity index (χ1n) is 20.3. The fourth-order valence-electron chi connectivity index (χ4n) is 7.42. The number of nitrogens with zero attached hydrogens (tertiary/aromatic N) is 4. The third-order valence-electron chi connectivity index (χ3n) is 11.1. The van der Waals surface area contributed by atoms with E-state index in [1.54, 1.807) is 34.6 Å². The van der Waals surface area contributed by atoms with Crippen LogP contribution in [0.3, 0.4) is 0 Å². The highest BCUT2D eigenvalue weighted by atomic mass is 19.3. The third kappa shape index (κ3) is 11.6. The van der Waals surface area contributed by atoms with Gasteiger partial charge in [-0.05, 0) is 42.7 Å². The van der Waals surface area contributed by atoms with E-state index in [1.807, 2.05) is 29.6 Å². The molecule has 0 aliphatic carbocycles. The topological polar surface area (TPSA) is 205 Å². The summed E-state index contributed by atoms with van der Waals surface area (Å²) < 4.78 is 36.6. The number of ketones is 3. The molecule has 326 valence electrons. The van der Waals surface area contributed by atoms with Crippen molar-refractivity contribution in [3.8, 4) is 0 Å². The normalized spacial score (nSPS) is 18.5. The number of Topliss-reactive ketones (excluding diaryl/α,β-unsaturated/α-hetero) is 3. The SMILES string of the molecule is C=C(O)[C@H](C)NC(=O)C(F)(F)C(=O)[C@H](CCC)CC(=O)[C@@H]1C[C@@H](OC(=O)N2CCc3ccccc3C2)CN1C(=O)[C@@H](NC(=O)[C@@H](CC(=O)c1cnccn1)C(C)C)C(C)C. The van der Waals surface area contributed by atoms with Crippen molar-refractivity contribution in [1.29, 1.82) is 0 Å². The minimum absolute atomic E-state index is 0.0732. The predicted octanol–water partition coefficient (Wildman–Crippen LogP) is 4.78. The van der Waals surface area contributed by atoms with Crippen LogP contribution in [0.1, 0.15) is 95.3 Å². The summed E-state index contributed by atoms with van der Waals surface area (Å²) in [6.45, 7) is 13.2. The molecule has 0 bridgehead atoms. The first-order chi connectivity index (χ1) is 28.3. The second-order valence-corrected chi connectivity index (χ2v) is 16.3. The molecule has 17 heteroatoms. The van der Waals surface area contributed by atoms with Crippen LogP contribution >= 0.6 is 0 Å². The van der Waals surface area contributed by atoms with Gasteiger partial charge in [0.15, 0.2) is 11.6 Å². The second kappa shape index (κ2) is 20.6. The Bertz CT molecular complexity index is 1930. The molecule has 2 aliphatic rings. The smallest absolute Gasteiger partial charge is 0.410 e. The highest BCUT2D eigenvalue weighted by Gasteiger charge is 2.52. The molecule has 2 aliphatic heterocycles. The van der Waals surface area contributed by atoms with E-state index in [0.717, 1.165) is 16.0 Å². The highest BCUT2D eigenvalue weighted by molar-refractivity contribution is 6.09. The maximum atomic E-state index is 15.4. The Labute approximate surface area is 348 Å². The summed E-state index contributed by atoms with van der Waals surface area (Å²) in [7, 11) is 0. The Morgan fingerprint density at radius 1 is 0.983 bits per heavy atom. The van der Waals surface area contributed by atoms with Gasteiger partial charge < -0.3 is 30.3 Å². The van der Waals surface area contributed by atoms with Crippen LogP contribution in [0.15, 0.2) is 55.2 Å². The van der Waals surface area contributed by atoms with Crippen molar-refractivity contribution in [3.63, 3.8) is 0 Å². The zero-order chi connectivity index (χ0) is 44.5. The van der Waals surface area contributed by atoms with Crippen molar-refractivity contribution >= 4 is 41.2 Å². The second-order valence-electron chi connectivity index (χ2n) is 16.3. The van der Waals surface area contributed by atoms with Crippen LogP contribution in [0.5, 0.6) is 0 Å². The average Bonchev–Trinajstić information content (AvgIpc) is 3.64. The van der Waals surface area contributed by atoms with E-state index in [1.165, 1.54) is 30.4 Å². The lowest BCUT2D eigenvalue weighted by molar-refractivity contribution is -0.162. The molecule has 1 aromatic heterocycles. The molecule has 0 unspecified atom stereocenters. The first kappa shape index (κ1) is 47.1. The first-order valence-corrected chi connectivity index (χ1v) is 20.3. The molecule has 4 rings (SSSR count). The number of rotatable bonds is 19. The van der Waals surface area contributed by atoms with Crippen molar-refractivity contribution in [2.75, 3.05) is 13.1 Å². The molecule has 4 amide bonds. The molecule has 1 saturated heterocycles. The van der Waals surface area contributed by atoms with E-state index in [4.69, 9.17) is 4.74 Å². The molecule has 3 N–H and O–H groups in total. The number of benzene rings is 1. The number of carbonyl (C=O) groups excluding carboxylic acids is 7. The lowest BCUT2D eigenvalue weighted by atomic mass is 9.87. The Morgan fingerprint density at radius 3 is 2.27 bits per heavy atom. The van der Waals surface area contributed by atoms with Gasteiger partial charge in [0.05, 0.1) is 24.8 Å². The van der Waals surface area contributed by atoms with Crippen LogP contribution in [0.2, 0.25) is 0 Å². The van der Waals surface area contributed by atoms with Crippen LogP contribution in [0, 0.1) is 23.7 Å². The van der Waals surface area contributed by atoms with E-state index in [9.17, 15) is 38.7 Å². The number of likely N-dealkylation sites (tertiary alicyclic amines) is 1. The Hall–Kier alpha value is -5.61. The number of aliphatic hydroxyl groups is 1. The summed E-state index contributed by atoms with van der Waals surface area (Å²) in [4.78, 5) is 106. The Balaban J connectivity index is 1.60. The fraction of sp³-hybridized carbons (Fsp3) is 0.558. The maximum absolute atomic E-state index is 15.4. The molecular weight excluding hydrogens is 783 g/mol. The minimum atomic E-state index is -4.57. The number of aromatic nitrogens is 2. The van der Waals surface area contributed by atoms with Crippen LogP contribution in [0.25, 0.3) is 0 Å². The van der Waals surface area contributed by atoms with Gasteiger partial charge in [0.25, 0.3) is 5.91 Å². The van der Waals surface area contributed by atoms with Crippen molar-refractivity contribution in [2.24, 2.45) is 23.7 Å². The number of nitrogens with one attached hydrogen (secondary N) is 2. The molecule has 0 saturated carbocycles. The van der Waals surface area contributed by atoms with Crippen LogP contribution in [0.4, 0.5) is 13.6 Å². The largest absolute Gasteiger partial charge is 0.511 e.